The van der Waals surface area contributed by atoms with Gasteiger partial charge in [-0.1, -0.05) is 12.8 Å². The standard InChI is InChI=1S/C7H10F2O2/c8-7(9,6(10)11)5-3-1-2-4-5/h5H,1-4H2,(H,10,11)/p-1. The molecule has 1 fully saturated rings. The summed E-state index contributed by atoms with van der Waals surface area (Å²) in [5.41, 5.74) is 0. The number of carboxylic acid groups (broad SMARTS) is 1. The van der Waals surface area contributed by atoms with Crippen molar-refractivity contribution in [1.29, 1.82) is 0 Å². The Morgan fingerprint density at radius 1 is 1.36 bits per heavy atom. The molecule has 4 heteroatoms. The first-order chi connectivity index (χ1) is 5.05. The second-order valence-electron chi connectivity index (χ2n) is 2.89. The van der Waals surface area contributed by atoms with E-state index < -0.39 is 17.8 Å². The van der Waals surface area contributed by atoms with Crippen LogP contribution in [-0.2, 0) is 4.79 Å². The molecule has 64 valence electrons. The number of halogens is 2. The van der Waals surface area contributed by atoms with Gasteiger partial charge >= 0.3 is 0 Å². The summed E-state index contributed by atoms with van der Waals surface area (Å²) < 4.78 is 25.2. The van der Waals surface area contributed by atoms with Gasteiger partial charge in [0.25, 0.3) is 5.92 Å². The van der Waals surface area contributed by atoms with Crippen LogP contribution < -0.4 is 5.11 Å². The summed E-state index contributed by atoms with van der Waals surface area (Å²) >= 11 is 0. The van der Waals surface area contributed by atoms with Crippen LogP contribution in [0.1, 0.15) is 25.7 Å². The summed E-state index contributed by atoms with van der Waals surface area (Å²) in [6, 6.07) is 0. The van der Waals surface area contributed by atoms with Crippen molar-refractivity contribution in [1.82, 2.24) is 0 Å². The van der Waals surface area contributed by atoms with Gasteiger partial charge in [-0.15, -0.1) is 0 Å². The van der Waals surface area contributed by atoms with E-state index in [4.69, 9.17) is 0 Å². The van der Waals surface area contributed by atoms with E-state index in [1.807, 2.05) is 0 Å². The van der Waals surface area contributed by atoms with Crippen molar-refractivity contribution < 1.29 is 18.7 Å². The fourth-order valence-electron chi connectivity index (χ4n) is 1.46. The molecule has 0 saturated heterocycles. The minimum absolute atomic E-state index is 0.307. The molecule has 1 aliphatic rings. The zero-order chi connectivity index (χ0) is 8.48. The van der Waals surface area contributed by atoms with E-state index in [-0.39, 0.29) is 0 Å². The van der Waals surface area contributed by atoms with Crippen molar-refractivity contribution in [2.24, 2.45) is 5.92 Å². The van der Waals surface area contributed by atoms with Crippen molar-refractivity contribution in [2.45, 2.75) is 31.6 Å². The molecule has 2 nitrogen and oxygen atoms in total. The third-order valence-electron chi connectivity index (χ3n) is 2.14. The lowest BCUT2D eigenvalue weighted by Crippen LogP contribution is -2.46. The molecular formula is C7H9F2O2-. The van der Waals surface area contributed by atoms with Crippen LogP contribution >= 0.6 is 0 Å². The highest BCUT2D eigenvalue weighted by Crippen LogP contribution is 2.37. The van der Waals surface area contributed by atoms with Crippen LogP contribution in [0, 0.1) is 5.92 Å². The molecule has 0 atom stereocenters. The first-order valence-corrected chi connectivity index (χ1v) is 3.64. The number of carbonyl (C=O) groups excluding carboxylic acids is 1. The van der Waals surface area contributed by atoms with Crippen LogP contribution in [0.25, 0.3) is 0 Å². The van der Waals surface area contributed by atoms with E-state index in [2.05, 4.69) is 0 Å². The zero-order valence-electron chi connectivity index (χ0n) is 5.98. The molecule has 0 aliphatic heterocycles. The Hall–Kier alpha value is -0.670. The number of alkyl halides is 2. The fourth-order valence-corrected chi connectivity index (χ4v) is 1.46. The molecule has 0 aromatic heterocycles. The Bertz CT molecular complexity index is 162. The summed E-state index contributed by atoms with van der Waals surface area (Å²) in [4.78, 5) is 9.95. The van der Waals surface area contributed by atoms with Gasteiger partial charge < -0.3 is 9.90 Å². The van der Waals surface area contributed by atoms with E-state index >= 15 is 0 Å². The summed E-state index contributed by atoms with van der Waals surface area (Å²) in [6.07, 6.45) is 2.02. The second kappa shape index (κ2) is 2.75. The lowest BCUT2D eigenvalue weighted by molar-refractivity contribution is -0.333. The average molecular weight is 163 g/mol. The molecule has 0 heterocycles. The minimum Gasteiger partial charge on any atom is -0.544 e. The number of rotatable bonds is 2. The summed E-state index contributed by atoms with van der Waals surface area (Å²) in [7, 11) is 0. The zero-order valence-corrected chi connectivity index (χ0v) is 5.98. The van der Waals surface area contributed by atoms with Gasteiger partial charge in [-0.2, -0.15) is 8.78 Å². The van der Waals surface area contributed by atoms with E-state index in [9.17, 15) is 18.7 Å². The van der Waals surface area contributed by atoms with Gasteiger partial charge in [-0.05, 0) is 12.8 Å². The number of hydrogen-bond donors (Lipinski definition) is 0. The molecule has 0 spiro atoms. The Morgan fingerprint density at radius 2 is 1.82 bits per heavy atom. The van der Waals surface area contributed by atoms with Crippen molar-refractivity contribution >= 4 is 5.97 Å². The van der Waals surface area contributed by atoms with Crippen LogP contribution in [0.4, 0.5) is 8.78 Å². The predicted molar refractivity (Wildman–Crippen MR) is 31.9 cm³/mol. The molecule has 0 amide bonds. The SMILES string of the molecule is O=C([O-])C(F)(F)C1CCCC1. The van der Waals surface area contributed by atoms with Gasteiger partial charge in [-0.25, -0.2) is 0 Å². The van der Waals surface area contributed by atoms with Gasteiger partial charge in [-0.3, -0.25) is 0 Å². The second-order valence-corrected chi connectivity index (χ2v) is 2.89. The Kier molecular flexibility index (Phi) is 2.11. The molecule has 11 heavy (non-hydrogen) atoms. The highest BCUT2D eigenvalue weighted by Gasteiger charge is 2.42. The first-order valence-electron chi connectivity index (χ1n) is 3.64. The van der Waals surface area contributed by atoms with E-state index in [1.54, 1.807) is 0 Å². The van der Waals surface area contributed by atoms with E-state index in [0.29, 0.717) is 25.7 Å². The quantitative estimate of drug-likeness (QED) is 0.596. The maximum atomic E-state index is 12.6. The summed E-state index contributed by atoms with van der Waals surface area (Å²) in [5, 5.41) is 9.95. The Labute approximate surface area is 63.2 Å². The molecule has 0 unspecified atom stereocenters. The van der Waals surface area contributed by atoms with Crippen molar-refractivity contribution in [3.63, 3.8) is 0 Å². The molecule has 0 bridgehead atoms. The molecule has 0 radical (unpaired) electrons. The number of carbonyl (C=O) groups is 1. The van der Waals surface area contributed by atoms with Crippen molar-refractivity contribution in [3.8, 4) is 0 Å². The number of aliphatic carboxylic acids is 1. The van der Waals surface area contributed by atoms with Crippen LogP contribution in [0.15, 0.2) is 0 Å². The van der Waals surface area contributed by atoms with Crippen LogP contribution in [0.5, 0.6) is 0 Å². The van der Waals surface area contributed by atoms with Gasteiger partial charge in [0, 0.05) is 5.92 Å². The molecule has 1 aliphatic carbocycles. The summed E-state index contributed by atoms with van der Waals surface area (Å²) in [6.45, 7) is 0. The van der Waals surface area contributed by atoms with Crippen LogP contribution in [0.2, 0.25) is 0 Å². The van der Waals surface area contributed by atoms with Crippen LogP contribution in [-0.4, -0.2) is 11.9 Å². The lowest BCUT2D eigenvalue weighted by Gasteiger charge is -2.23. The van der Waals surface area contributed by atoms with Crippen molar-refractivity contribution in [2.75, 3.05) is 0 Å². The highest BCUT2D eigenvalue weighted by atomic mass is 19.3. The lowest BCUT2D eigenvalue weighted by atomic mass is 10.0. The molecule has 1 rings (SSSR count). The van der Waals surface area contributed by atoms with E-state index in [0.717, 1.165) is 0 Å². The van der Waals surface area contributed by atoms with E-state index in [1.165, 1.54) is 0 Å². The van der Waals surface area contributed by atoms with Gasteiger partial charge in [0.1, 0.15) is 5.97 Å². The third kappa shape index (κ3) is 1.49. The van der Waals surface area contributed by atoms with Crippen molar-refractivity contribution in [3.05, 3.63) is 0 Å². The predicted octanol–water partition coefficient (Wildman–Crippen LogP) is 0.562. The molecular weight excluding hydrogens is 154 g/mol. The van der Waals surface area contributed by atoms with Crippen LogP contribution in [0.3, 0.4) is 0 Å². The average Bonchev–Trinajstić information content (AvgIpc) is 2.37. The van der Waals surface area contributed by atoms with Gasteiger partial charge in [0.05, 0.1) is 0 Å². The number of hydrogen-bond acceptors (Lipinski definition) is 2. The number of carboxylic acids is 1. The molecule has 0 aromatic carbocycles. The molecule has 0 N–H and O–H groups in total. The largest absolute Gasteiger partial charge is 0.544 e. The smallest absolute Gasteiger partial charge is 0.289 e. The first kappa shape index (κ1) is 8.43. The topological polar surface area (TPSA) is 40.1 Å². The fraction of sp³-hybridized carbons (Fsp3) is 0.857. The molecule has 0 aromatic rings. The Balaban J connectivity index is 2.62. The van der Waals surface area contributed by atoms with Gasteiger partial charge in [0.2, 0.25) is 0 Å². The highest BCUT2D eigenvalue weighted by molar-refractivity contribution is 5.73. The molecule has 1 saturated carbocycles. The maximum absolute atomic E-state index is 12.6. The Morgan fingerprint density at radius 3 is 2.18 bits per heavy atom. The summed E-state index contributed by atoms with van der Waals surface area (Å²) in [5.74, 6) is -6.84. The minimum atomic E-state index is -3.61. The third-order valence-corrected chi connectivity index (χ3v) is 2.14. The normalized spacial score (nSPS) is 20.5. The van der Waals surface area contributed by atoms with Gasteiger partial charge in [0.15, 0.2) is 0 Å². The monoisotopic (exact) mass is 163 g/mol. The maximum Gasteiger partial charge on any atom is 0.289 e.